The van der Waals surface area contributed by atoms with E-state index < -0.39 is 5.97 Å². The van der Waals surface area contributed by atoms with E-state index in [2.05, 4.69) is 15.6 Å². The van der Waals surface area contributed by atoms with E-state index in [1.807, 2.05) is 29.6 Å². The number of carbonyl (C=O) groups excluding carboxylic acids is 3. The van der Waals surface area contributed by atoms with Crippen molar-refractivity contribution in [1.29, 1.82) is 0 Å². The topological polar surface area (TPSA) is 97.4 Å². The summed E-state index contributed by atoms with van der Waals surface area (Å²) in [6, 6.07) is 14.0. The predicted octanol–water partition coefficient (Wildman–Crippen LogP) is 3.62. The highest BCUT2D eigenvalue weighted by molar-refractivity contribution is 7.14. The zero-order valence-electron chi connectivity index (χ0n) is 15.9. The molecular formula is C21H19N3O4S. The maximum Gasteiger partial charge on any atom is 0.308 e. The Bertz CT molecular complexity index is 1030. The lowest BCUT2D eigenvalue weighted by molar-refractivity contribution is -0.131. The smallest absolute Gasteiger partial charge is 0.308 e. The molecule has 0 saturated heterocycles. The van der Waals surface area contributed by atoms with E-state index in [1.54, 1.807) is 24.3 Å². The van der Waals surface area contributed by atoms with Gasteiger partial charge in [-0.25, -0.2) is 4.98 Å². The Morgan fingerprint density at radius 2 is 1.69 bits per heavy atom. The molecule has 3 aromatic rings. The summed E-state index contributed by atoms with van der Waals surface area (Å²) < 4.78 is 4.95. The Hall–Kier alpha value is -3.52. The molecule has 0 aliphatic carbocycles. The fraction of sp³-hybridized carbons (Fsp3) is 0.143. The number of amides is 2. The summed E-state index contributed by atoms with van der Waals surface area (Å²) in [4.78, 5) is 38.8. The highest BCUT2D eigenvalue weighted by Crippen LogP contribution is 2.25. The van der Waals surface area contributed by atoms with E-state index in [-0.39, 0.29) is 11.8 Å². The average molecular weight is 409 g/mol. The van der Waals surface area contributed by atoms with Crippen molar-refractivity contribution in [3.05, 3.63) is 65.0 Å². The fourth-order valence-electron chi connectivity index (χ4n) is 2.49. The number of hydrogen-bond acceptors (Lipinski definition) is 6. The number of anilines is 1. The number of thiazole rings is 1. The third-order valence-corrected chi connectivity index (χ3v) is 4.65. The van der Waals surface area contributed by atoms with Crippen molar-refractivity contribution < 1.29 is 19.1 Å². The van der Waals surface area contributed by atoms with Gasteiger partial charge in [-0.3, -0.25) is 19.7 Å². The average Bonchev–Trinajstić information content (AvgIpc) is 3.15. The van der Waals surface area contributed by atoms with Gasteiger partial charge in [0.1, 0.15) is 5.75 Å². The van der Waals surface area contributed by atoms with E-state index in [4.69, 9.17) is 4.74 Å². The van der Waals surface area contributed by atoms with Crippen LogP contribution in [0.15, 0.2) is 53.9 Å². The van der Waals surface area contributed by atoms with Crippen LogP contribution in [0.25, 0.3) is 11.3 Å². The summed E-state index contributed by atoms with van der Waals surface area (Å²) in [7, 11) is 0. The van der Waals surface area contributed by atoms with Crippen LogP contribution in [-0.4, -0.2) is 22.8 Å². The van der Waals surface area contributed by atoms with Gasteiger partial charge in [-0.15, -0.1) is 11.3 Å². The van der Waals surface area contributed by atoms with Crippen molar-refractivity contribution >= 4 is 34.3 Å². The minimum absolute atomic E-state index is 0.0741. The van der Waals surface area contributed by atoms with Gasteiger partial charge in [-0.1, -0.05) is 24.3 Å². The van der Waals surface area contributed by atoms with Crippen molar-refractivity contribution in [2.75, 3.05) is 5.32 Å². The van der Waals surface area contributed by atoms with Gasteiger partial charge >= 0.3 is 5.97 Å². The van der Waals surface area contributed by atoms with E-state index in [1.165, 1.54) is 25.2 Å². The van der Waals surface area contributed by atoms with Crippen LogP contribution in [0.1, 0.15) is 29.8 Å². The second-order valence-electron chi connectivity index (χ2n) is 6.22. The van der Waals surface area contributed by atoms with Gasteiger partial charge < -0.3 is 10.1 Å². The Kier molecular flexibility index (Phi) is 6.36. The standard InChI is InChI=1S/C21H19N3O4S/c1-13(25)22-11-15-3-5-16(6-4-15)19-12-29-21(23-19)24-20(27)17-7-9-18(10-8-17)28-14(2)26/h3-10,12H,11H2,1-2H3,(H,22,25)(H,23,24,27). The summed E-state index contributed by atoms with van der Waals surface area (Å²) in [5.74, 6) is -0.408. The zero-order valence-corrected chi connectivity index (χ0v) is 16.7. The highest BCUT2D eigenvalue weighted by Gasteiger charge is 2.11. The van der Waals surface area contributed by atoms with Crippen LogP contribution < -0.4 is 15.4 Å². The lowest BCUT2D eigenvalue weighted by Crippen LogP contribution is -2.18. The quantitative estimate of drug-likeness (QED) is 0.479. The fourth-order valence-corrected chi connectivity index (χ4v) is 3.21. The molecule has 7 nitrogen and oxygen atoms in total. The molecule has 0 radical (unpaired) electrons. The second kappa shape index (κ2) is 9.11. The summed E-state index contributed by atoms with van der Waals surface area (Å²) >= 11 is 1.33. The molecule has 29 heavy (non-hydrogen) atoms. The minimum atomic E-state index is -0.416. The zero-order chi connectivity index (χ0) is 20.8. The third-order valence-electron chi connectivity index (χ3n) is 3.89. The highest BCUT2D eigenvalue weighted by atomic mass is 32.1. The number of benzene rings is 2. The number of carbonyl (C=O) groups is 3. The van der Waals surface area contributed by atoms with Crippen molar-refractivity contribution in [3.8, 4) is 17.0 Å². The summed E-state index contributed by atoms with van der Waals surface area (Å²) in [5, 5.41) is 7.86. The van der Waals surface area contributed by atoms with E-state index in [0.717, 1.165) is 16.8 Å². The third kappa shape index (κ3) is 5.73. The molecule has 2 N–H and O–H groups in total. The molecule has 0 atom stereocenters. The molecule has 3 rings (SSSR count). The number of rotatable bonds is 6. The van der Waals surface area contributed by atoms with Crippen molar-refractivity contribution in [2.45, 2.75) is 20.4 Å². The van der Waals surface area contributed by atoms with Crippen LogP contribution in [-0.2, 0) is 16.1 Å². The molecule has 148 valence electrons. The molecule has 0 unspecified atom stereocenters. The largest absolute Gasteiger partial charge is 0.427 e. The van der Waals surface area contributed by atoms with E-state index in [9.17, 15) is 14.4 Å². The molecule has 0 aliphatic rings. The number of nitrogens with zero attached hydrogens (tertiary/aromatic N) is 1. The molecule has 1 aromatic heterocycles. The predicted molar refractivity (Wildman–Crippen MR) is 111 cm³/mol. The Morgan fingerprint density at radius 1 is 1.00 bits per heavy atom. The minimum Gasteiger partial charge on any atom is -0.427 e. The SMILES string of the molecule is CC(=O)NCc1ccc(-c2csc(NC(=O)c3ccc(OC(C)=O)cc3)n2)cc1. The molecule has 0 saturated carbocycles. The van der Waals surface area contributed by atoms with Gasteiger partial charge in [-0.2, -0.15) is 0 Å². The van der Waals surface area contributed by atoms with Gasteiger partial charge in [0, 0.05) is 36.9 Å². The Balaban J connectivity index is 1.63. The molecule has 1 heterocycles. The first-order valence-corrected chi connectivity index (χ1v) is 9.68. The summed E-state index contributed by atoms with van der Waals surface area (Å²) in [6.45, 7) is 3.27. The first kappa shape index (κ1) is 20.2. The molecule has 2 aromatic carbocycles. The first-order valence-electron chi connectivity index (χ1n) is 8.80. The monoisotopic (exact) mass is 409 g/mol. The second-order valence-corrected chi connectivity index (χ2v) is 7.07. The number of nitrogens with one attached hydrogen (secondary N) is 2. The number of aromatic nitrogens is 1. The lowest BCUT2D eigenvalue weighted by Gasteiger charge is -2.04. The molecular weight excluding hydrogens is 390 g/mol. The van der Waals surface area contributed by atoms with Crippen LogP contribution >= 0.6 is 11.3 Å². The van der Waals surface area contributed by atoms with Crippen molar-refractivity contribution in [2.24, 2.45) is 0 Å². The van der Waals surface area contributed by atoms with E-state index >= 15 is 0 Å². The van der Waals surface area contributed by atoms with Gasteiger partial charge in [-0.05, 0) is 29.8 Å². The summed E-state index contributed by atoms with van der Waals surface area (Å²) in [6.07, 6.45) is 0. The van der Waals surface area contributed by atoms with Gasteiger partial charge in [0.25, 0.3) is 5.91 Å². The summed E-state index contributed by atoms with van der Waals surface area (Å²) in [5.41, 5.74) is 3.09. The molecule has 0 fully saturated rings. The number of hydrogen-bond donors (Lipinski definition) is 2. The lowest BCUT2D eigenvalue weighted by atomic mass is 10.1. The number of ether oxygens (including phenoxy) is 1. The van der Waals surface area contributed by atoms with Gasteiger partial charge in [0.15, 0.2) is 5.13 Å². The van der Waals surface area contributed by atoms with Crippen LogP contribution in [0.3, 0.4) is 0 Å². The molecule has 0 aliphatic heterocycles. The first-order chi connectivity index (χ1) is 13.9. The molecule has 2 amide bonds. The van der Waals surface area contributed by atoms with Gasteiger partial charge in [0.05, 0.1) is 5.69 Å². The normalized spacial score (nSPS) is 10.3. The van der Waals surface area contributed by atoms with Crippen molar-refractivity contribution in [3.63, 3.8) is 0 Å². The van der Waals surface area contributed by atoms with Crippen LogP contribution in [0, 0.1) is 0 Å². The molecule has 0 bridgehead atoms. The van der Waals surface area contributed by atoms with Crippen LogP contribution in [0.2, 0.25) is 0 Å². The Morgan fingerprint density at radius 3 is 2.31 bits per heavy atom. The van der Waals surface area contributed by atoms with Crippen molar-refractivity contribution in [1.82, 2.24) is 10.3 Å². The number of esters is 1. The van der Waals surface area contributed by atoms with Gasteiger partial charge in [0.2, 0.25) is 5.91 Å². The maximum atomic E-state index is 12.4. The maximum absolute atomic E-state index is 12.4. The van der Waals surface area contributed by atoms with E-state index in [0.29, 0.717) is 23.0 Å². The van der Waals surface area contributed by atoms with Crippen LogP contribution in [0.5, 0.6) is 5.75 Å². The van der Waals surface area contributed by atoms with Crippen LogP contribution in [0.4, 0.5) is 5.13 Å². The Labute approximate surface area is 171 Å². The molecule has 0 spiro atoms. The molecule has 8 heteroatoms.